The van der Waals surface area contributed by atoms with Crippen LogP contribution in [0.5, 0.6) is 0 Å². The standard InChI is InChI=1S/C12H21NO4S/c1-9(2)7-13(10(3)4)18(15,16)12-6-5-11(8-14)17-12/h5-6,9-10,14H,7-8H2,1-4H3. The van der Waals surface area contributed by atoms with E-state index in [9.17, 15) is 8.42 Å². The fourth-order valence-corrected chi connectivity index (χ4v) is 3.38. The van der Waals surface area contributed by atoms with Crippen molar-refractivity contribution >= 4 is 10.0 Å². The lowest BCUT2D eigenvalue weighted by atomic mass is 10.2. The van der Waals surface area contributed by atoms with E-state index in [4.69, 9.17) is 9.52 Å². The molecule has 0 spiro atoms. The molecule has 0 aromatic carbocycles. The van der Waals surface area contributed by atoms with Gasteiger partial charge in [-0.2, -0.15) is 4.31 Å². The fraction of sp³-hybridized carbons (Fsp3) is 0.667. The van der Waals surface area contributed by atoms with E-state index in [1.165, 1.54) is 16.4 Å². The van der Waals surface area contributed by atoms with E-state index in [0.717, 1.165) is 0 Å². The minimum atomic E-state index is -3.63. The Bertz CT molecular complexity index is 476. The summed E-state index contributed by atoms with van der Waals surface area (Å²) in [7, 11) is -3.63. The molecule has 0 saturated heterocycles. The first-order chi connectivity index (χ1) is 8.28. The molecule has 1 heterocycles. The van der Waals surface area contributed by atoms with Crippen molar-refractivity contribution in [2.24, 2.45) is 5.92 Å². The van der Waals surface area contributed by atoms with Gasteiger partial charge in [-0.15, -0.1) is 0 Å². The Morgan fingerprint density at radius 1 is 1.28 bits per heavy atom. The van der Waals surface area contributed by atoms with Gasteiger partial charge in [0.1, 0.15) is 12.4 Å². The molecule has 0 bridgehead atoms. The Hall–Kier alpha value is -0.850. The first kappa shape index (κ1) is 15.2. The van der Waals surface area contributed by atoms with Crippen molar-refractivity contribution in [1.29, 1.82) is 0 Å². The lowest BCUT2D eigenvalue weighted by molar-refractivity contribution is 0.233. The molecular formula is C12H21NO4S. The number of aliphatic hydroxyl groups is 1. The van der Waals surface area contributed by atoms with Crippen LogP contribution in [0.1, 0.15) is 33.5 Å². The molecule has 5 nitrogen and oxygen atoms in total. The van der Waals surface area contributed by atoms with Crippen molar-refractivity contribution in [3.8, 4) is 0 Å². The van der Waals surface area contributed by atoms with Gasteiger partial charge in [0.2, 0.25) is 5.09 Å². The van der Waals surface area contributed by atoms with E-state index in [1.807, 2.05) is 27.7 Å². The Morgan fingerprint density at radius 3 is 2.28 bits per heavy atom. The normalized spacial score (nSPS) is 12.9. The quantitative estimate of drug-likeness (QED) is 0.859. The number of hydrogen-bond donors (Lipinski definition) is 1. The van der Waals surface area contributed by atoms with Crippen LogP contribution in [0.25, 0.3) is 0 Å². The number of sulfonamides is 1. The SMILES string of the molecule is CC(C)CN(C(C)C)S(=O)(=O)c1ccc(CO)o1. The zero-order valence-corrected chi connectivity index (χ0v) is 12.1. The summed E-state index contributed by atoms with van der Waals surface area (Å²) in [6, 6.07) is 2.72. The Balaban J connectivity index is 3.08. The maximum absolute atomic E-state index is 12.4. The second-order valence-electron chi connectivity index (χ2n) is 4.94. The van der Waals surface area contributed by atoms with Gasteiger partial charge in [-0.1, -0.05) is 13.8 Å². The number of rotatable bonds is 6. The molecule has 0 atom stereocenters. The smallest absolute Gasteiger partial charge is 0.276 e. The van der Waals surface area contributed by atoms with Crippen LogP contribution in [0.15, 0.2) is 21.6 Å². The Labute approximate surface area is 108 Å². The summed E-state index contributed by atoms with van der Waals surface area (Å²) in [6.45, 7) is 7.72. The maximum atomic E-state index is 12.4. The molecule has 18 heavy (non-hydrogen) atoms. The summed E-state index contributed by atoms with van der Waals surface area (Å²) < 4.78 is 31.3. The summed E-state index contributed by atoms with van der Waals surface area (Å²) in [5, 5.41) is 8.80. The van der Waals surface area contributed by atoms with Crippen LogP contribution >= 0.6 is 0 Å². The zero-order valence-electron chi connectivity index (χ0n) is 11.3. The highest BCUT2D eigenvalue weighted by atomic mass is 32.2. The van der Waals surface area contributed by atoms with Crippen LogP contribution in [0.3, 0.4) is 0 Å². The van der Waals surface area contributed by atoms with Gasteiger partial charge in [0.15, 0.2) is 0 Å². The number of hydrogen-bond acceptors (Lipinski definition) is 4. The second-order valence-corrected chi connectivity index (χ2v) is 6.76. The molecule has 0 unspecified atom stereocenters. The summed E-state index contributed by atoms with van der Waals surface area (Å²) in [5.74, 6) is 0.483. The van der Waals surface area contributed by atoms with Crippen LogP contribution in [-0.4, -0.2) is 30.4 Å². The summed E-state index contributed by atoms with van der Waals surface area (Å²) in [6.07, 6.45) is 0. The molecule has 0 aliphatic rings. The van der Waals surface area contributed by atoms with Gasteiger partial charge < -0.3 is 9.52 Å². The van der Waals surface area contributed by atoms with Crippen molar-refractivity contribution < 1.29 is 17.9 Å². The Kier molecular flexibility index (Phi) is 4.95. The highest BCUT2D eigenvalue weighted by Crippen LogP contribution is 2.21. The first-order valence-corrected chi connectivity index (χ1v) is 7.44. The van der Waals surface area contributed by atoms with Gasteiger partial charge in [-0.05, 0) is 31.9 Å². The highest BCUT2D eigenvalue weighted by Gasteiger charge is 2.30. The fourth-order valence-electron chi connectivity index (χ4n) is 1.64. The minimum Gasteiger partial charge on any atom is -0.446 e. The van der Waals surface area contributed by atoms with Crippen LogP contribution < -0.4 is 0 Å². The largest absolute Gasteiger partial charge is 0.446 e. The summed E-state index contributed by atoms with van der Waals surface area (Å²) in [4.78, 5) is 0. The monoisotopic (exact) mass is 275 g/mol. The molecule has 0 radical (unpaired) electrons. The van der Waals surface area contributed by atoms with E-state index in [-0.39, 0.29) is 29.4 Å². The molecule has 0 aliphatic heterocycles. The van der Waals surface area contributed by atoms with Crippen molar-refractivity contribution in [2.45, 2.75) is 45.4 Å². The van der Waals surface area contributed by atoms with Crippen LogP contribution in [0.2, 0.25) is 0 Å². The van der Waals surface area contributed by atoms with Gasteiger partial charge in [0.05, 0.1) is 0 Å². The van der Waals surface area contributed by atoms with E-state index in [0.29, 0.717) is 6.54 Å². The van der Waals surface area contributed by atoms with Gasteiger partial charge in [0.25, 0.3) is 10.0 Å². The lowest BCUT2D eigenvalue weighted by Crippen LogP contribution is -2.39. The summed E-state index contributed by atoms with van der Waals surface area (Å²) in [5.41, 5.74) is 0. The third kappa shape index (κ3) is 3.34. The number of aliphatic hydroxyl groups excluding tert-OH is 1. The van der Waals surface area contributed by atoms with Gasteiger partial charge in [-0.25, -0.2) is 8.42 Å². The Morgan fingerprint density at radius 2 is 1.89 bits per heavy atom. The molecule has 104 valence electrons. The molecule has 0 amide bonds. The third-order valence-electron chi connectivity index (χ3n) is 2.48. The molecule has 6 heteroatoms. The molecule has 0 saturated carbocycles. The van der Waals surface area contributed by atoms with E-state index in [1.54, 1.807) is 0 Å². The van der Waals surface area contributed by atoms with Crippen molar-refractivity contribution in [3.63, 3.8) is 0 Å². The third-order valence-corrected chi connectivity index (χ3v) is 4.39. The second kappa shape index (κ2) is 5.86. The average molecular weight is 275 g/mol. The first-order valence-electron chi connectivity index (χ1n) is 6.00. The number of furan rings is 1. The molecule has 1 aromatic heterocycles. The molecule has 1 rings (SSSR count). The van der Waals surface area contributed by atoms with Crippen LogP contribution in [0.4, 0.5) is 0 Å². The predicted octanol–water partition coefficient (Wildman–Crippen LogP) is 1.83. The van der Waals surface area contributed by atoms with Gasteiger partial charge in [-0.3, -0.25) is 0 Å². The molecule has 0 aliphatic carbocycles. The molecule has 1 N–H and O–H groups in total. The van der Waals surface area contributed by atoms with Crippen molar-refractivity contribution in [3.05, 3.63) is 17.9 Å². The topological polar surface area (TPSA) is 70.8 Å². The van der Waals surface area contributed by atoms with Crippen molar-refractivity contribution in [2.75, 3.05) is 6.54 Å². The van der Waals surface area contributed by atoms with E-state index in [2.05, 4.69) is 0 Å². The maximum Gasteiger partial charge on any atom is 0.276 e. The van der Waals surface area contributed by atoms with Crippen LogP contribution in [0, 0.1) is 5.92 Å². The molecule has 0 fully saturated rings. The number of nitrogens with zero attached hydrogens (tertiary/aromatic N) is 1. The van der Waals surface area contributed by atoms with Crippen LogP contribution in [-0.2, 0) is 16.6 Å². The van der Waals surface area contributed by atoms with Gasteiger partial charge >= 0.3 is 0 Å². The van der Waals surface area contributed by atoms with Crippen molar-refractivity contribution in [1.82, 2.24) is 4.31 Å². The average Bonchev–Trinajstić information content (AvgIpc) is 2.74. The summed E-state index contributed by atoms with van der Waals surface area (Å²) >= 11 is 0. The minimum absolute atomic E-state index is 0.110. The predicted molar refractivity (Wildman–Crippen MR) is 68.5 cm³/mol. The van der Waals surface area contributed by atoms with E-state index >= 15 is 0 Å². The zero-order chi connectivity index (χ0) is 13.9. The molecule has 1 aromatic rings. The molecular weight excluding hydrogens is 254 g/mol. The van der Waals surface area contributed by atoms with E-state index < -0.39 is 10.0 Å². The highest BCUT2D eigenvalue weighted by molar-refractivity contribution is 7.89. The van der Waals surface area contributed by atoms with Gasteiger partial charge in [0, 0.05) is 12.6 Å². The lowest BCUT2D eigenvalue weighted by Gasteiger charge is -2.26.